The lowest BCUT2D eigenvalue weighted by Crippen LogP contribution is -2.47. The van der Waals surface area contributed by atoms with Crippen molar-refractivity contribution in [2.75, 3.05) is 25.7 Å². The summed E-state index contributed by atoms with van der Waals surface area (Å²) in [6.07, 6.45) is 0.758. The SMILES string of the molecule is COCc1ccc(-c2ccc(N(C[C@@H](N)[C@@H](C)OC)C(=O)[C@@H]3C[C@H]3c3cccs3)cc2)cc1.Cl. The maximum absolute atomic E-state index is 13.5. The van der Waals surface area contributed by atoms with E-state index in [1.165, 1.54) is 4.88 Å². The maximum atomic E-state index is 13.5. The number of carbonyl (C=O) groups is 1. The molecular formula is C27H33ClN2O3S. The fourth-order valence-corrected chi connectivity index (χ4v) is 5.04. The highest BCUT2D eigenvalue weighted by atomic mass is 35.5. The van der Waals surface area contributed by atoms with Crippen molar-refractivity contribution in [3.05, 3.63) is 76.5 Å². The van der Waals surface area contributed by atoms with Crippen LogP contribution >= 0.6 is 23.7 Å². The quantitative estimate of drug-likeness (QED) is 0.400. The number of rotatable bonds is 10. The summed E-state index contributed by atoms with van der Waals surface area (Å²) in [5.74, 6) is 0.478. The molecule has 3 aromatic rings. The predicted octanol–water partition coefficient (Wildman–Crippen LogP) is 5.48. The summed E-state index contributed by atoms with van der Waals surface area (Å²) in [4.78, 5) is 16.7. The zero-order chi connectivity index (χ0) is 23.4. The number of halogens is 1. The molecule has 0 unspecified atom stereocenters. The molecule has 2 N–H and O–H groups in total. The maximum Gasteiger partial charge on any atom is 0.230 e. The number of anilines is 1. The van der Waals surface area contributed by atoms with Gasteiger partial charge in [-0.2, -0.15) is 0 Å². The third-order valence-corrected chi connectivity index (χ3v) is 7.43. The van der Waals surface area contributed by atoms with Crippen molar-refractivity contribution in [2.24, 2.45) is 11.7 Å². The van der Waals surface area contributed by atoms with Crippen LogP contribution in [0.3, 0.4) is 0 Å². The summed E-state index contributed by atoms with van der Waals surface area (Å²) in [6.45, 7) is 2.96. The van der Waals surface area contributed by atoms with E-state index < -0.39 is 0 Å². The van der Waals surface area contributed by atoms with Gasteiger partial charge in [0.1, 0.15) is 0 Å². The van der Waals surface area contributed by atoms with Gasteiger partial charge in [0.25, 0.3) is 0 Å². The van der Waals surface area contributed by atoms with Gasteiger partial charge in [-0.25, -0.2) is 0 Å². The third kappa shape index (κ3) is 6.06. The van der Waals surface area contributed by atoms with Crippen LogP contribution in [0.1, 0.15) is 29.7 Å². The molecule has 1 amide bonds. The molecule has 1 aromatic heterocycles. The summed E-state index contributed by atoms with van der Waals surface area (Å²) in [5, 5.41) is 2.07. The van der Waals surface area contributed by atoms with Gasteiger partial charge in [-0.05, 0) is 53.6 Å². The number of thiophene rings is 1. The molecule has 5 nitrogen and oxygen atoms in total. The molecule has 1 fully saturated rings. The Hall–Kier alpha value is -2.22. The third-order valence-electron chi connectivity index (χ3n) is 6.43. The first-order valence-electron chi connectivity index (χ1n) is 11.3. The second-order valence-corrected chi connectivity index (χ2v) is 9.67. The van der Waals surface area contributed by atoms with Crippen LogP contribution in [-0.2, 0) is 20.9 Å². The molecule has 1 heterocycles. The van der Waals surface area contributed by atoms with E-state index in [-0.39, 0.29) is 36.4 Å². The number of hydrogen-bond donors (Lipinski definition) is 1. The van der Waals surface area contributed by atoms with Crippen molar-refractivity contribution in [3.63, 3.8) is 0 Å². The molecule has 182 valence electrons. The number of benzene rings is 2. The summed E-state index contributed by atoms with van der Waals surface area (Å²) in [5.41, 5.74) is 10.6. The van der Waals surface area contributed by atoms with E-state index in [9.17, 15) is 4.79 Å². The average Bonchev–Trinajstić information content (AvgIpc) is 3.46. The standard InChI is InChI=1S/C27H32N2O3S.ClH/c1-18(32-3)25(28)16-29(27(30)24-15-23(24)26-5-4-14-33-26)22-12-10-21(11-13-22)20-8-6-19(7-9-20)17-31-2;/h4-14,18,23-25H,15-17,28H2,1-3H3;1H/t18-,23-,24-,25-;/m1./s1. The Morgan fingerprint density at radius 2 is 1.74 bits per heavy atom. The zero-order valence-electron chi connectivity index (χ0n) is 19.8. The number of amides is 1. The van der Waals surface area contributed by atoms with E-state index in [0.29, 0.717) is 19.1 Å². The Labute approximate surface area is 212 Å². The molecule has 0 saturated heterocycles. The summed E-state index contributed by atoms with van der Waals surface area (Å²) >= 11 is 1.72. The molecule has 0 spiro atoms. The van der Waals surface area contributed by atoms with E-state index in [0.717, 1.165) is 28.8 Å². The predicted molar refractivity (Wildman–Crippen MR) is 142 cm³/mol. The van der Waals surface area contributed by atoms with Crippen LogP contribution in [0.2, 0.25) is 0 Å². The van der Waals surface area contributed by atoms with Crippen LogP contribution in [-0.4, -0.2) is 38.8 Å². The molecule has 7 heteroatoms. The first-order chi connectivity index (χ1) is 16.0. The first kappa shape index (κ1) is 26.4. The van der Waals surface area contributed by atoms with Gasteiger partial charge in [-0.15, -0.1) is 23.7 Å². The monoisotopic (exact) mass is 500 g/mol. The van der Waals surface area contributed by atoms with Crippen LogP contribution in [0.4, 0.5) is 5.69 Å². The molecule has 1 aliphatic carbocycles. The number of nitrogens with two attached hydrogens (primary N) is 1. The Balaban J connectivity index is 0.00000324. The normalized spacial score (nSPS) is 18.6. The molecule has 1 saturated carbocycles. The molecule has 0 bridgehead atoms. The van der Waals surface area contributed by atoms with Gasteiger partial charge in [-0.1, -0.05) is 42.5 Å². The number of hydrogen-bond acceptors (Lipinski definition) is 5. The highest BCUT2D eigenvalue weighted by Gasteiger charge is 2.46. The highest BCUT2D eigenvalue weighted by Crippen LogP contribution is 2.50. The van der Waals surface area contributed by atoms with E-state index in [1.807, 2.05) is 30.0 Å². The van der Waals surface area contributed by atoms with Gasteiger partial charge in [0, 0.05) is 49.2 Å². The van der Waals surface area contributed by atoms with E-state index in [1.54, 1.807) is 25.6 Å². The minimum absolute atomic E-state index is 0. The second kappa shape index (κ2) is 12.0. The second-order valence-electron chi connectivity index (χ2n) is 8.69. The fourth-order valence-electron chi connectivity index (χ4n) is 4.14. The van der Waals surface area contributed by atoms with Crippen molar-refractivity contribution in [2.45, 2.75) is 38.0 Å². The molecule has 0 radical (unpaired) electrons. The summed E-state index contributed by atoms with van der Waals surface area (Å²) < 4.78 is 10.6. The van der Waals surface area contributed by atoms with E-state index in [4.69, 9.17) is 15.2 Å². The topological polar surface area (TPSA) is 64.8 Å². The lowest BCUT2D eigenvalue weighted by molar-refractivity contribution is -0.120. The number of nitrogens with zero attached hydrogens (tertiary/aromatic N) is 1. The van der Waals surface area contributed by atoms with Gasteiger partial charge in [0.05, 0.1) is 12.7 Å². The van der Waals surface area contributed by atoms with E-state index in [2.05, 4.69) is 47.8 Å². The lowest BCUT2D eigenvalue weighted by Gasteiger charge is -2.29. The molecule has 0 aliphatic heterocycles. The minimum Gasteiger partial charge on any atom is -0.380 e. The van der Waals surface area contributed by atoms with Gasteiger partial charge < -0.3 is 20.1 Å². The largest absolute Gasteiger partial charge is 0.380 e. The molecule has 1 aliphatic rings. The molecule has 2 aromatic carbocycles. The number of methoxy groups -OCH3 is 2. The van der Waals surface area contributed by atoms with Gasteiger partial charge >= 0.3 is 0 Å². The molecule has 4 atom stereocenters. The van der Waals surface area contributed by atoms with Crippen molar-refractivity contribution >= 4 is 35.3 Å². The van der Waals surface area contributed by atoms with Crippen molar-refractivity contribution in [3.8, 4) is 11.1 Å². The molecule has 4 rings (SSSR count). The fraction of sp³-hybridized carbons (Fsp3) is 0.370. The van der Waals surface area contributed by atoms with Crippen LogP contribution < -0.4 is 10.6 Å². The first-order valence-corrected chi connectivity index (χ1v) is 12.2. The Kier molecular flexibility index (Phi) is 9.28. The Morgan fingerprint density at radius 3 is 2.29 bits per heavy atom. The van der Waals surface area contributed by atoms with Gasteiger partial charge in [0.15, 0.2) is 0 Å². The zero-order valence-corrected chi connectivity index (χ0v) is 21.5. The number of carbonyl (C=O) groups excluding carboxylic acids is 1. The Morgan fingerprint density at radius 1 is 1.09 bits per heavy atom. The van der Waals surface area contributed by atoms with Gasteiger partial charge in [-0.3, -0.25) is 4.79 Å². The smallest absolute Gasteiger partial charge is 0.230 e. The van der Waals surface area contributed by atoms with Crippen molar-refractivity contribution < 1.29 is 14.3 Å². The van der Waals surface area contributed by atoms with Crippen LogP contribution in [0.5, 0.6) is 0 Å². The average molecular weight is 501 g/mol. The lowest BCUT2D eigenvalue weighted by atomic mass is 10.0. The van der Waals surface area contributed by atoms with E-state index >= 15 is 0 Å². The number of ether oxygens (including phenoxy) is 2. The summed E-state index contributed by atoms with van der Waals surface area (Å²) in [6, 6.07) is 20.4. The highest BCUT2D eigenvalue weighted by molar-refractivity contribution is 7.10. The summed E-state index contributed by atoms with van der Waals surface area (Å²) in [7, 11) is 3.35. The van der Waals surface area contributed by atoms with Crippen LogP contribution in [0, 0.1) is 5.92 Å². The van der Waals surface area contributed by atoms with Crippen LogP contribution in [0.15, 0.2) is 66.0 Å². The Bertz CT molecular complexity index is 1040. The van der Waals surface area contributed by atoms with Crippen LogP contribution in [0.25, 0.3) is 11.1 Å². The van der Waals surface area contributed by atoms with Gasteiger partial charge in [0.2, 0.25) is 5.91 Å². The van der Waals surface area contributed by atoms with Crippen molar-refractivity contribution in [1.82, 2.24) is 0 Å². The minimum atomic E-state index is -0.272. The molecular weight excluding hydrogens is 468 g/mol. The molecule has 34 heavy (non-hydrogen) atoms. The van der Waals surface area contributed by atoms with Crippen molar-refractivity contribution in [1.29, 1.82) is 0 Å².